The quantitative estimate of drug-likeness (QED) is 0.293. The maximum absolute atomic E-state index is 15.2. The van der Waals surface area contributed by atoms with Gasteiger partial charge in [0.2, 0.25) is 5.95 Å². The third kappa shape index (κ3) is 5.60. The molecule has 4 aromatic rings. The van der Waals surface area contributed by atoms with Crippen LogP contribution in [0.15, 0.2) is 54.9 Å². The number of likely N-dealkylation sites (N-methyl/N-ethyl adjacent to an activating group) is 1. The number of hydrogen-bond acceptors (Lipinski definition) is 8. The van der Waals surface area contributed by atoms with Crippen molar-refractivity contribution in [2.75, 3.05) is 55.3 Å². The van der Waals surface area contributed by atoms with Crippen molar-refractivity contribution in [3.8, 4) is 11.4 Å². The van der Waals surface area contributed by atoms with Gasteiger partial charge in [-0.2, -0.15) is 4.98 Å². The van der Waals surface area contributed by atoms with Crippen molar-refractivity contribution in [1.29, 1.82) is 0 Å². The highest BCUT2D eigenvalue weighted by atomic mass is 32.2. The Bertz CT molecular complexity index is 1380. The molecule has 8 nitrogen and oxygen atoms in total. The van der Waals surface area contributed by atoms with E-state index >= 15 is 4.39 Å². The first-order valence-electron chi connectivity index (χ1n) is 12.4. The lowest BCUT2D eigenvalue weighted by Crippen LogP contribution is -2.44. The van der Waals surface area contributed by atoms with E-state index in [4.69, 9.17) is 9.72 Å². The number of benzene rings is 2. The van der Waals surface area contributed by atoms with Gasteiger partial charge in [-0.1, -0.05) is 19.9 Å². The van der Waals surface area contributed by atoms with Gasteiger partial charge in [0.1, 0.15) is 17.2 Å². The van der Waals surface area contributed by atoms with E-state index in [0.717, 1.165) is 48.6 Å². The highest BCUT2D eigenvalue weighted by molar-refractivity contribution is 8.01. The van der Waals surface area contributed by atoms with Crippen molar-refractivity contribution >= 4 is 46.0 Å². The molecule has 37 heavy (non-hydrogen) atoms. The fourth-order valence-electron chi connectivity index (χ4n) is 4.31. The normalized spacial score (nSPS) is 14.4. The molecule has 2 aromatic carbocycles. The summed E-state index contributed by atoms with van der Waals surface area (Å²) in [4.78, 5) is 13.5. The topological polar surface area (TPSA) is 70.5 Å². The minimum atomic E-state index is -0.305. The van der Waals surface area contributed by atoms with Gasteiger partial charge in [0, 0.05) is 72.7 Å². The van der Waals surface area contributed by atoms with Crippen molar-refractivity contribution in [3.05, 3.63) is 60.7 Å². The molecule has 1 aliphatic heterocycles. The van der Waals surface area contributed by atoms with E-state index < -0.39 is 0 Å². The lowest BCUT2D eigenvalue weighted by molar-refractivity contribution is 0.311. The Morgan fingerprint density at radius 3 is 2.65 bits per heavy atom. The molecule has 0 radical (unpaired) electrons. The Balaban J connectivity index is 1.42. The Morgan fingerprint density at radius 2 is 1.89 bits per heavy atom. The summed E-state index contributed by atoms with van der Waals surface area (Å²) in [6, 6.07) is 13.4. The third-order valence-electron chi connectivity index (χ3n) is 6.32. The molecule has 0 unspecified atom stereocenters. The second-order valence-corrected chi connectivity index (χ2v) is 10.8. The number of methoxy groups -OCH3 is 1. The molecular weight excluding hydrogens is 489 g/mol. The fraction of sp³-hybridized carbons (Fsp3) is 0.333. The molecule has 1 aliphatic rings. The average Bonchev–Trinajstić information content (AvgIpc) is 3.32. The molecule has 0 amide bonds. The molecule has 5 rings (SSSR count). The van der Waals surface area contributed by atoms with E-state index in [-0.39, 0.29) is 5.82 Å². The van der Waals surface area contributed by atoms with Gasteiger partial charge < -0.3 is 29.1 Å². The van der Waals surface area contributed by atoms with Gasteiger partial charge in [-0.05, 0) is 43.3 Å². The summed E-state index contributed by atoms with van der Waals surface area (Å²) in [5.41, 5.74) is 3.78. The van der Waals surface area contributed by atoms with Crippen LogP contribution in [-0.2, 0) is 0 Å². The summed E-state index contributed by atoms with van der Waals surface area (Å²) in [6.45, 7) is 7.62. The molecule has 3 heterocycles. The van der Waals surface area contributed by atoms with E-state index in [9.17, 15) is 0 Å². The van der Waals surface area contributed by atoms with Crippen molar-refractivity contribution in [2.45, 2.75) is 19.1 Å². The van der Waals surface area contributed by atoms with Crippen LogP contribution in [0.4, 0.5) is 27.4 Å². The van der Waals surface area contributed by atoms with Gasteiger partial charge in [0.05, 0.1) is 18.5 Å². The predicted molar refractivity (Wildman–Crippen MR) is 151 cm³/mol. The monoisotopic (exact) mass is 521 g/mol. The predicted octanol–water partition coefficient (Wildman–Crippen LogP) is 5.53. The smallest absolute Gasteiger partial charge is 0.229 e. The molecule has 0 bridgehead atoms. The van der Waals surface area contributed by atoms with Crippen molar-refractivity contribution in [1.82, 2.24) is 19.4 Å². The Hall–Kier alpha value is -3.50. The average molecular weight is 522 g/mol. The minimum absolute atomic E-state index is 0.305. The van der Waals surface area contributed by atoms with Gasteiger partial charge in [0.15, 0.2) is 0 Å². The number of nitrogens with one attached hydrogen (secondary N) is 2. The van der Waals surface area contributed by atoms with Crippen molar-refractivity contribution < 1.29 is 9.13 Å². The lowest BCUT2D eigenvalue weighted by Gasteiger charge is -2.34. The van der Waals surface area contributed by atoms with Gasteiger partial charge in [-0.3, -0.25) is 0 Å². The largest absolute Gasteiger partial charge is 0.494 e. The van der Waals surface area contributed by atoms with E-state index in [1.807, 2.05) is 35.0 Å². The summed E-state index contributed by atoms with van der Waals surface area (Å²) in [7, 11) is 3.66. The van der Waals surface area contributed by atoms with E-state index in [2.05, 4.69) is 51.8 Å². The zero-order valence-electron chi connectivity index (χ0n) is 21.5. The first-order chi connectivity index (χ1) is 17.9. The number of fused-ring (bicyclic) bond motifs is 1. The SMILES string of the molecule is COc1cc(N2CCN(C)CC2)c(F)cc1Nc1ncc2ccn(-c3cccc(NSC(C)C)c3)c2n1. The summed E-state index contributed by atoms with van der Waals surface area (Å²) in [5.74, 6) is 0.596. The molecule has 0 saturated carbocycles. The summed E-state index contributed by atoms with van der Waals surface area (Å²) in [6.07, 6.45) is 3.74. The molecule has 0 aliphatic carbocycles. The van der Waals surface area contributed by atoms with Crippen LogP contribution in [0.25, 0.3) is 16.7 Å². The molecule has 1 saturated heterocycles. The van der Waals surface area contributed by atoms with Crippen molar-refractivity contribution in [2.24, 2.45) is 0 Å². The van der Waals surface area contributed by atoms with E-state index in [1.54, 1.807) is 31.3 Å². The molecule has 0 atom stereocenters. The Morgan fingerprint density at radius 1 is 1.08 bits per heavy atom. The number of anilines is 4. The second kappa shape index (κ2) is 10.9. The molecule has 2 aromatic heterocycles. The zero-order valence-corrected chi connectivity index (χ0v) is 22.3. The Kier molecular flexibility index (Phi) is 7.38. The number of aromatic nitrogens is 3. The number of rotatable bonds is 8. The van der Waals surface area contributed by atoms with Crippen LogP contribution in [0.1, 0.15) is 13.8 Å². The number of hydrogen-bond donors (Lipinski definition) is 2. The second-order valence-electron chi connectivity index (χ2n) is 9.40. The molecule has 10 heteroatoms. The van der Waals surface area contributed by atoms with E-state index in [0.29, 0.717) is 28.3 Å². The molecule has 0 spiro atoms. The van der Waals surface area contributed by atoms with Crippen LogP contribution in [0.2, 0.25) is 0 Å². The van der Waals surface area contributed by atoms with Crippen LogP contribution in [0.5, 0.6) is 5.75 Å². The number of nitrogens with zero attached hydrogens (tertiary/aromatic N) is 5. The third-order valence-corrected chi connectivity index (χ3v) is 7.15. The summed E-state index contributed by atoms with van der Waals surface area (Å²) < 4.78 is 26.2. The number of halogens is 1. The number of piperazine rings is 1. The van der Waals surface area contributed by atoms with Gasteiger partial charge in [0.25, 0.3) is 0 Å². The first-order valence-corrected chi connectivity index (χ1v) is 13.2. The molecule has 194 valence electrons. The summed E-state index contributed by atoms with van der Waals surface area (Å²) >= 11 is 1.67. The lowest BCUT2D eigenvalue weighted by atomic mass is 10.2. The van der Waals surface area contributed by atoms with Gasteiger partial charge in [-0.25, -0.2) is 9.37 Å². The fourth-order valence-corrected chi connectivity index (χ4v) is 4.81. The van der Waals surface area contributed by atoms with E-state index in [1.165, 1.54) is 6.07 Å². The Labute approximate surface area is 221 Å². The maximum Gasteiger partial charge on any atom is 0.229 e. The van der Waals surface area contributed by atoms with Crippen LogP contribution >= 0.6 is 11.9 Å². The maximum atomic E-state index is 15.2. The van der Waals surface area contributed by atoms with Crippen LogP contribution in [0.3, 0.4) is 0 Å². The first kappa shape index (κ1) is 25.2. The highest BCUT2D eigenvalue weighted by Gasteiger charge is 2.20. The van der Waals surface area contributed by atoms with Crippen LogP contribution < -0.4 is 19.7 Å². The highest BCUT2D eigenvalue weighted by Crippen LogP contribution is 2.35. The van der Waals surface area contributed by atoms with Crippen LogP contribution in [-0.4, -0.2) is 65.0 Å². The standard InChI is InChI=1S/C27H32FN7OS/c1-18(2)37-32-20-6-5-7-21(14-20)35-9-8-19-17-29-27(31-26(19)35)30-23-15-22(28)24(16-25(23)36-4)34-12-10-33(3)11-13-34/h5-9,14-18,32H,10-13H2,1-4H3,(H,29,30,31). The van der Waals surface area contributed by atoms with Gasteiger partial charge >= 0.3 is 0 Å². The number of ether oxygens (including phenoxy) is 1. The van der Waals surface area contributed by atoms with Crippen molar-refractivity contribution in [3.63, 3.8) is 0 Å². The molecule has 2 N–H and O–H groups in total. The molecular formula is C27H32FN7OS. The van der Waals surface area contributed by atoms with Gasteiger partial charge in [-0.15, -0.1) is 0 Å². The van der Waals surface area contributed by atoms with Crippen LogP contribution in [0, 0.1) is 5.82 Å². The minimum Gasteiger partial charge on any atom is -0.494 e. The summed E-state index contributed by atoms with van der Waals surface area (Å²) in [5, 5.41) is 4.54. The molecule has 1 fully saturated rings. The zero-order chi connectivity index (χ0) is 25.9.